The Morgan fingerprint density at radius 1 is 1.25 bits per heavy atom. The summed E-state index contributed by atoms with van der Waals surface area (Å²) in [5.74, 6) is 0. The average molecular weight is 315 g/mol. The topological polar surface area (TPSA) is 95.9 Å². The van der Waals surface area contributed by atoms with E-state index in [1.165, 1.54) is 12.8 Å². The number of rotatable bonds is 10. The molecule has 0 rings (SSSR count). The molecule has 0 saturated heterocycles. The molecule has 0 bridgehead atoms. The lowest BCUT2D eigenvalue weighted by Gasteiger charge is -2.32. The van der Waals surface area contributed by atoms with Gasteiger partial charge >= 0.3 is 0 Å². The van der Waals surface area contributed by atoms with E-state index >= 15 is 0 Å². The standard InChI is InChI=1S/C11H26NO2.CH4O4S/c1-4-6-7-10-14-11-12(3,5-2)8-9-13;1-5-6(2,3)4/h13H,4-11H2,1-3H3;1H3,(H,2,3,4)/q+1;/p-1. The molecular formula is C12H29NO6S. The van der Waals surface area contributed by atoms with Crippen molar-refractivity contribution in [1.29, 1.82) is 0 Å². The van der Waals surface area contributed by atoms with E-state index in [0.717, 1.165) is 44.4 Å². The highest BCUT2D eigenvalue weighted by Gasteiger charge is 2.17. The third kappa shape index (κ3) is 15.8. The van der Waals surface area contributed by atoms with Crippen LogP contribution in [0.5, 0.6) is 0 Å². The quantitative estimate of drug-likeness (QED) is 0.210. The Kier molecular flexibility index (Phi) is 13.8. The van der Waals surface area contributed by atoms with E-state index in [9.17, 15) is 13.0 Å². The van der Waals surface area contributed by atoms with Crippen molar-refractivity contribution in [1.82, 2.24) is 0 Å². The summed E-state index contributed by atoms with van der Waals surface area (Å²) < 4.78 is 37.4. The van der Waals surface area contributed by atoms with Gasteiger partial charge in [0.2, 0.25) is 10.4 Å². The van der Waals surface area contributed by atoms with E-state index in [1.807, 2.05) is 0 Å². The molecule has 0 aromatic carbocycles. The third-order valence-corrected chi connectivity index (χ3v) is 3.31. The van der Waals surface area contributed by atoms with Crippen LogP contribution in [0, 0.1) is 0 Å². The summed E-state index contributed by atoms with van der Waals surface area (Å²) in [4.78, 5) is 0. The molecule has 0 heterocycles. The van der Waals surface area contributed by atoms with Crippen LogP contribution < -0.4 is 0 Å². The smallest absolute Gasteiger partial charge is 0.217 e. The van der Waals surface area contributed by atoms with Gasteiger partial charge in [0.1, 0.15) is 6.54 Å². The summed E-state index contributed by atoms with van der Waals surface area (Å²) in [5.41, 5.74) is 0. The molecule has 0 aliphatic rings. The molecule has 8 heteroatoms. The van der Waals surface area contributed by atoms with E-state index < -0.39 is 10.4 Å². The van der Waals surface area contributed by atoms with Gasteiger partial charge in [0.25, 0.3) is 0 Å². The maximum absolute atomic E-state index is 9.22. The van der Waals surface area contributed by atoms with E-state index in [0.29, 0.717) is 0 Å². The third-order valence-electron chi connectivity index (χ3n) is 2.90. The van der Waals surface area contributed by atoms with Gasteiger partial charge in [-0.05, 0) is 13.3 Å². The van der Waals surface area contributed by atoms with Crippen molar-refractivity contribution >= 4 is 10.4 Å². The van der Waals surface area contributed by atoms with Gasteiger partial charge in [-0.1, -0.05) is 19.8 Å². The van der Waals surface area contributed by atoms with E-state index in [1.54, 1.807) is 0 Å². The zero-order valence-corrected chi connectivity index (χ0v) is 13.8. The molecule has 0 aromatic heterocycles. The van der Waals surface area contributed by atoms with Crippen molar-refractivity contribution in [3.63, 3.8) is 0 Å². The number of quaternary nitrogens is 1. The summed E-state index contributed by atoms with van der Waals surface area (Å²) >= 11 is 0. The van der Waals surface area contributed by atoms with Crippen LogP contribution in [0.25, 0.3) is 0 Å². The van der Waals surface area contributed by atoms with Crippen LogP contribution in [0.15, 0.2) is 0 Å². The lowest BCUT2D eigenvalue weighted by molar-refractivity contribution is -0.926. The van der Waals surface area contributed by atoms with Crippen LogP contribution >= 0.6 is 0 Å². The highest BCUT2D eigenvalue weighted by molar-refractivity contribution is 7.80. The SMILES string of the molecule is CCCCCOC[N+](C)(CC)CCO.COS(=O)(=O)[O-]. The Hall–Kier alpha value is -0.250. The Bertz CT molecular complexity index is 309. The van der Waals surface area contributed by atoms with Crippen LogP contribution in [-0.2, 0) is 19.3 Å². The van der Waals surface area contributed by atoms with Gasteiger partial charge in [-0.25, -0.2) is 8.42 Å². The molecule has 0 aliphatic carbocycles. The second-order valence-electron chi connectivity index (χ2n) is 4.70. The van der Waals surface area contributed by atoms with Crippen LogP contribution in [0.4, 0.5) is 0 Å². The summed E-state index contributed by atoms with van der Waals surface area (Å²) in [6, 6.07) is 0. The van der Waals surface area contributed by atoms with Gasteiger partial charge in [-0.2, -0.15) is 0 Å². The molecule has 1 N–H and O–H groups in total. The maximum atomic E-state index is 9.22. The molecule has 0 aromatic rings. The Balaban J connectivity index is 0. The molecule has 0 spiro atoms. The van der Waals surface area contributed by atoms with Crippen molar-refractivity contribution in [3.8, 4) is 0 Å². The first-order chi connectivity index (χ1) is 9.24. The summed E-state index contributed by atoms with van der Waals surface area (Å²) in [7, 11) is -1.48. The highest BCUT2D eigenvalue weighted by Crippen LogP contribution is 2.02. The van der Waals surface area contributed by atoms with Crippen molar-refractivity contribution in [3.05, 3.63) is 0 Å². The second kappa shape index (κ2) is 12.5. The first kappa shape index (κ1) is 22.0. The van der Waals surface area contributed by atoms with Crippen molar-refractivity contribution in [2.45, 2.75) is 33.1 Å². The zero-order valence-electron chi connectivity index (χ0n) is 13.0. The Labute approximate surface area is 123 Å². The fourth-order valence-corrected chi connectivity index (χ4v) is 1.29. The number of ether oxygens (including phenoxy) is 1. The van der Waals surface area contributed by atoms with Crippen LogP contribution in [0.1, 0.15) is 33.1 Å². The summed E-state index contributed by atoms with van der Waals surface area (Å²) in [6.45, 7) is 7.93. The van der Waals surface area contributed by atoms with E-state index in [-0.39, 0.29) is 6.61 Å². The van der Waals surface area contributed by atoms with Gasteiger partial charge < -0.3 is 18.9 Å². The van der Waals surface area contributed by atoms with Gasteiger partial charge in [0.15, 0.2) is 6.73 Å². The lowest BCUT2D eigenvalue weighted by Crippen LogP contribution is -2.47. The number of unbranched alkanes of at least 4 members (excludes halogenated alkanes) is 2. The number of aliphatic hydroxyl groups is 1. The molecule has 0 radical (unpaired) electrons. The molecular weight excluding hydrogens is 286 g/mol. The summed E-state index contributed by atoms with van der Waals surface area (Å²) in [6.07, 6.45) is 3.63. The normalized spacial score (nSPS) is 14.3. The van der Waals surface area contributed by atoms with Gasteiger partial charge in [-0.3, -0.25) is 4.18 Å². The minimum Gasteiger partial charge on any atom is -0.726 e. The number of nitrogens with zero attached hydrogens (tertiary/aromatic N) is 1. The minimum absolute atomic E-state index is 0.239. The Morgan fingerprint density at radius 2 is 1.80 bits per heavy atom. The van der Waals surface area contributed by atoms with E-state index in [4.69, 9.17) is 9.84 Å². The zero-order chi connectivity index (χ0) is 16.1. The lowest BCUT2D eigenvalue weighted by atomic mass is 10.3. The van der Waals surface area contributed by atoms with Crippen molar-refractivity contribution in [2.75, 3.05) is 47.2 Å². The van der Waals surface area contributed by atoms with E-state index in [2.05, 4.69) is 25.1 Å². The molecule has 7 nitrogen and oxygen atoms in total. The predicted octanol–water partition coefficient (Wildman–Crippen LogP) is 0.703. The largest absolute Gasteiger partial charge is 0.726 e. The summed E-state index contributed by atoms with van der Waals surface area (Å²) in [5, 5.41) is 8.90. The molecule has 1 unspecified atom stereocenters. The first-order valence-corrected chi connectivity index (χ1v) is 8.11. The average Bonchev–Trinajstić information content (AvgIpc) is 2.39. The Morgan fingerprint density at radius 3 is 2.15 bits per heavy atom. The van der Waals surface area contributed by atoms with Crippen LogP contribution in [0.3, 0.4) is 0 Å². The highest BCUT2D eigenvalue weighted by atomic mass is 32.3. The van der Waals surface area contributed by atoms with Crippen LogP contribution in [0.2, 0.25) is 0 Å². The molecule has 0 fully saturated rings. The van der Waals surface area contributed by atoms with Gasteiger partial charge in [0, 0.05) is 0 Å². The number of hydrogen-bond acceptors (Lipinski definition) is 6. The number of likely N-dealkylation sites (N-methyl/N-ethyl adjacent to an activating group) is 1. The molecule has 124 valence electrons. The molecule has 0 aliphatic heterocycles. The number of aliphatic hydroxyl groups excluding tert-OH is 1. The first-order valence-electron chi connectivity index (χ1n) is 6.78. The van der Waals surface area contributed by atoms with Gasteiger partial charge in [-0.15, -0.1) is 0 Å². The predicted molar refractivity (Wildman–Crippen MR) is 75.7 cm³/mol. The monoisotopic (exact) mass is 315 g/mol. The van der Waals surface area contributed by atoms with Crippen molar-refractivity contribution < 1.29 is 31.5 Å². The molecule has 1 atom stereocenters. The molecule has 0 saturated carbocycles. The van der Waals surface area contributed by atoms with Crippen molar-refractivity contribution in [2.24, 2.45) is 0 Å². The fraction of sp³-hybridized carbons (Fsp3) is 1.00. The second-order valence-corrected chi connectivity index (χ2v) is 5.85. The molecule has 20 heavy (non-hydrogen) atoms. The van der Waals surface area contributed by atoms with Gasteiger partial charge in [0.05, 0.1) is 33.9 Å². The van der Waals surface area contributed by atoms with Crippen LogP contribution in [-0.4, -0.2) is 69.8 Å². The maximum Gasteiger partial charge on any atom is 0.217 e. The molecule has 0 amide bonds. The number of hydrogen-bond donors (Lipinski definition) is 1. The minimum atomic E-state index is -4.41. The fourth-order valence-electron chi connectivity index (χ4n) is 1.29.